The van der Waals surface area contributed by atoms with Crippen LogP contribution in [-0.4, -0.2) is 22.0 Å². The lowest BCUT2D eigenvalue weighted by Crippen LogP contribution is -2.40. The van der Waals surface area contributed by atoms with Gasteiger partial charge in [0.15, 0.2) is 5.76 Å². The maximum atomic E-state index is 13.1. The minimum absolute atomic E-state index is 0.0370. The Morgan fingerprint density at radius 3 is 2.29 bits per heavy atom. The molecule has 1 aliphatic rings. The Bertz CT molecular complexity index is 1050. The molecule has 4 rings (SSSR count). The summed E-state index contributed by atoms with van der Waals surface area (Å²) in [6, 6.07) is 13.4. The summed E-state index contributed by atoms with van der Waals surface area (Å²) >= 11 is 11.9. The van der Waals surface area contributed by atoms with Gasteiger partial charge in [0.25, 0.3) is 5.91 Å². The Hall–Kier alpha value is -2.83. The highest BCUT2D eigenvalue weighted by molar-refractivity contribution is 6.30. The number of carbonyl (C=O) groups excluding carboxylic acids is 2. The highest BCUT2D eigenvalue weighted by atomic mass is 35.5. The molecule has 0 aliphatic carbocycles. The Labute approximate surface area is 171 Å². The number of benzene rings is 2. The van der Waals surface area contributed by atoms with Crippen molar-refractivity contribution in [1.82, 2.24) is 15.4 Å². The van der Waals surface area contributed by atoms with E-state index in [4.69, 9.17) is 27.7 Å². The van der Waals surface area contributed by atoms with Crippen molar-refractivity contribution in [3.8, 4) is 11.3 Å². The molecule has 2 heterocycles. The van der Waals surface area contributed by atoms with Crippen LogP contribution in [0.1, 0.15) is 18.1 Å². The van der Waals surface area contributed by atoms with E-state index in [2.05, 4.69) is 10.5 Å². The van der Waals surface area contributed by atoms with Crippen LogP contribution >= 0.6 is 23.2 Å². The molecular formula is C20H15Cl2N3O3. The van der Waals surface area contributed by atoms with E-state index in [1.165, 1.54) is 6.20 Å². The van der Waals surface area contributed by atoms with Crippen LogP contribution in [0.15, 0.2) is 59.3 Å². The smallest absolute Gasteiger partial charge is 0.325 e. The Morgan fingerprint density at radius 1 is 1.04 bits per heavy atom. The number of hydrogen-bond acceptors (Lipinski definition) is 4. The van der Waals surface area contributed by atoms with Crippen molar-refractivity contribution in [3.05, 3.63) is 75.9 Å². The van der Waals surface area contributed by atoms with E-state index in [0.29, 0.717) is 26.9 Å². The van der Waals surface area contributed by atoms with Crippen LogP contribution in [0.2, 0.25) is 10.0 Å². The van der Waals surface area contributed by atoms with Crippen molar-refractivity contribution in [3.63, 3.8) is 0 Å². The van der Waals surface area contributed by atoms with Crippen LogP contribution in [0.25, 0.3) is 11.3 Å². The van der Waals surface area contributed by atoms with Gasteiger partial charge in [0.2, 0.25) is 0 Å². The summed E-state index contributed by atoms with van der Waals surface area (Å²) in [7, 11) is 0. The van der Waals surface area contributed by atoms with E-state index in [-0.39, 0.29) is 12.5 Å². The summed E-state index contributed by atoms with van der Waals surface area (Å²) in [6.07, 6.45) is 1.50. The third kappa shape index (κ3) is 3.15. The summed E-state index contributed by atoms with van der Waals surface area (Å²) in [6.45, 7) is 1.71. The molecule has 0 spiro atoms. The number of aromatic nitrogens is 1. The van der Waals surface area contributed by atoms with Crippen LogP contribution in [0.5, 0.6) is 0 Å². The zero-order valence-corrected chi connectivity index (χ0v) is 16.3. The van der Waals surface area contributed by atoms with Gasteiger partial charge in [0, 0.05) is 21.2 Å². The zero-order valence-electron chi connectivity index (χ0n) is 14.8. The fraction of sp³-hybridized carbons (Fsp3) is 0.150. The van der Waals surface area contributed by atoms with Crippen LogP contribution in [0.3, 0.4) is 0 Å². The molecule has 6 nitrogen and oxygen atoms in total. The highest BCUT2D eigenvalue weighted by Gasteiger charge is 2.49. The predicted molar refractivity (Wildman–Crippen MR) is 105 cm³/mol. The fourth-order valence-corrected chi connectivity index (χ4v) is 3.45. The molecule has 1 aromatic heterocycles. The maximum absolute atomic E-state index is 13.1. The molecule has 1 aliphatic heterocycles. The minimum Gasteiger partial charge on any atom is -0.356 e. The first-order valence-electron chi connectivity index (χ1n) is 8.48. The number of urea groups is 1. The van der Waals surface area contributed by atoms with Crippen molar-refractivity contribution < 1.29 is 14.1 Å². The van der Waals surface area contributed by atoms with Gasteiger partial charge >= 0.3 is 6.03 Å². The third-order valence-corrected chi connectivity index (χ3v) is 5.28. The molecule has 0 saturated carbocycles. The first kappa shape index (κ1) is 18.5. The lowest BCUT2D eigenvalue weighted by atomic mass is 9.92. The summed E-state index contributed by atoms with van der Waals surface area (Å²) in [5, 5.41) is 7.74. The molecule has 1 atom stereocenters. The Morgan fingerprint density at radius 2 is 1.64 bits per heavy atom. The number of rotatable bonds is 4. The van der Waals surface area contributed by atoms with E-state index in [1.807, 2.05) is 0 Å². The van der Waals surface area contributed by atoms with Gasteiger partial charge in [-0.25, -0.2) is 4.79 Å². The molecule has 0 bridgehead atoms. The fourth-order valence-electron chi connectivity index (χ4n) is 3.20. The van der Waals surface area contributed by atoms with Crippen LogP contribution in [-0.2, 0) is 16.9 Å². The second-order valence-electron chi connectivity index (χ2n) is 6.64. The van der Waals surface area contributed by atoms with E-state index < -0.39 is 11.6 Å². The number of nitrogens with one attached hydrogen (secondary N) is 1. The van der Waals surface area contributed by atoms with E-state index in [0.717, 1.165) is 10.5 Å². The number of hydrogen-bond donors (Lipinski definition) is 1. The average Bonchev–Trinajstić information content (AvgIpc) is 3.22. The van der Waals surface area contributed by atoms with Gasteiger partial charge in [-0.2, -0.15) is 0 Å². The van der Waals surface area contributed by atoms with Crippen molar-refractivity contribution in [1.29, 1.82) is 0 Å². The topological polar surface area (TPSA) is 75.4 Å². The average molecular weight is 416 g/mol. The van der Waals surface area contributed by atoms with Crippen molar-refractivity contribution in [2.24, 2.45) is 0 Å². The third-order valence-electron chi connectivity index (χ3n) is 4.78. The number of imide groups is 1. The highest BCUT2D eigenvalue weighted by Crippen LogP contribution is 2.32. The van der Waals surface area contributed by atoms with Crippen LogP contribution < -0.4 is 5.32 Å². The molecule has 142 valence electrons. The van der Waals surface area contributed by atoms with Gasteiger partial charge in [0.1, 0.15) is 5.54 Å². The van der Waals surface area contributed by atoms with Crippen LogP contribution in [0, 0.1) is 0 Å². The lowest BCUT2D eigenvalue weighted by Gasteiger charge is -2.22. The molecule has 0 unspecified atom stereocenters. The summed E-state index contributed by atoms with van der Waals surface area (Å²) in [4.78, 5) is 26.8. The van der Waals surface area contributed by atoms with Gasteiger partial charge in [-0.05, 0) is 48.9 Å². The molecule has 8 heteroatoms. The number of nitrogens with zero attached hydrogens (tertiary/aromatic N) is 2. The summed E-state index contributed by atoms with van der Waals surface area (Å²) in [5.74, 6) is 0.125. The predicted octanol–water partition coefficient (Wildman–Crippen LogP) is 4.62. The molecule has 3 aromatic rings. The normalized spacial score (nSPS) is 19.2. The second-order valence-corrected chi connectivity index (χ2v) is 7.51. The first-order valence-corrected chi connectivity index (χ1v) is 9.24. The van der Waals surface area contributed by atoms with Gasteiger partial charge < -0.3 is 9.84 Å². The first-order chi connectivity index (χ1) is 13.4. The van der Waals surface area contributed by atoms with Gasteiger partial charge in [-0.1, -0.05) is 40.5 Å². The van der Waals surface area contributed by atoms with Gasteiger partial charge in [0.05, 0.1) is 12.7 Å². The molecule has 1 N–H and O–H groups in total. The number of carbonyl (C=O) groups is 2. The van der Waals surface area contributed by atoms with Crippen molar-refractivity contribution >= 4 is 35.1 Å². The number of amides is 3. The lowest BCUT2D eigenvalue weighted by molar-refractivity contribution is -0.131. The molecule has 1 saturated heterocycles. The monoisotopic (exact) mass is 415 g/mol. The van der Waals surface area contributed by atoms with Crippen molar-refractivity contribution in [2.75, 3.05) is 0 Å². The maximum Gasteiger partial charge on any atom is 0.325 e. The van der Waals surface area contributed by atoms with E-state index in [9.17, 15) is 9.59 Å². The number of halogens is 2. The molecule has 1 fully saturated rings. The van der Waals surface area contributed by atoms with Gasteiger partial charge in [-0.15, -0.1) is 0 Å². The SMILES string of the molecule is C[C@]1(c2ccc(Cl)cc2)NC(=O)N(Cc2cnoc2-c2ccc(Cl)cc2)C1=O. The summed E-state index contributed by atoms with van der Waals surface area (Å²) in [5.41, 5.74) is 0.857. The molecule has 3 amide bonds. The molecular weight excluding hydrogens is 401 g/mol. The van der Waals surface area contributed by atoms with E-state index >= 15 is 0 Å². The second kappa shape index (κ2) is 6.96. The molecule has 0 radical (unpaired) electrons. The zero-order chi connectivity index (χ0) is 19.9. The quantitative estimate of drug-likeness (QED) is 0.630. The summed E-state index contributed by atoms with van der Waals surface area (Å²) < 4.78 is 5.34. The van der Waals surface area contributed by atoms with Gasteiger partial charge in [-0.3, -0.25) is 9.69 Å². The van der Waals surface area contributed by atoms with Crippen molar-refractivity contribution in [2.45, 2.75) is 19.0 Å². The molecule has 28 heavy (non-hydrogen) atoms. The van der Waals surface area contributed by atoms with E-state index in [1.54, 1.807) is 55.5 Å². The largest absolute Gasteiger partial charge is 0.356 e. The Kier molecular flexibility index (Phi) is 4.61. The minimum atomic E-state index is -1.17. The van der Waals surface area contributed by atoms with Crippen LogP contribution in [0.4, 0.5) is 4.79 Å². The standard InChI is InChI=1S/C20H15Cl2N3O3/c1-20(14-4-8-16(22)9-5-14)18(26)25(19(27)24-20)11-13-10-23-28-17(13)12-2-6-15(21)7-3-12/h2-10H,11H2,1H3,(H,24,27)/t20-/m1/s1. The Balaban J connectivity index is 1.62. The molecule has 2 aromatic carbocycles.